The molecule has 2 amide bonds. The molecule has 5 nitrogen and oxygen atoms in total. The van der Waals surface area contributed by atoms with Crippen molar-refractivity contribution in [2.75, 3.05) is 6.54 Å². The van der Waals surface area contributed by atoms with Gasteiger partial charge in [0, 0.05) is 6.54 Å². The molecule has 5 heteroatoms. The van der Waals surface area contributed by atoms with Crippen molar-refractivity contribution >= 4 is 12.0 Å². The van der Waals surface area contributed by atoms with Gasteiger partial charge in [-0.05, 0) is 50.4 Å². The molecule has 1 atom stereocenters. The van der Waals surface area contributed by atoms with E-state index in [9.17, 15) is 14.7 Å². The van der Waals surface area contributed by atoms with Crippen LogP contribution >= 0.6 is 0 Å². The summed E-state index contributed by atoms with van der Waals surface area (Å²) in [5, 5.41) is 14.8. The number of carbonyl (C=O) groups is 2. The number of carboxylic acid groups (broad SMARTS) is 1. The van der Waals surface area contributed by atoms with Crippen LogP contribution in [0.4, 0.5) is 4.79 Å². The molecule has 2 fully saturated rings. The highest BCUT2D eigenvalue weighted by atomic mass is 16.4. The van der Waals surface area contributed by atoms with E-state index in [0.717, 1.165) is 31.6 Å². The summed E-state index contributed by atoms with van der Waals surface area (Å²) < 4.78 is 0. The summed E-state index contributed by atoms with van der Waals surface area (Å²) in [6.45, 7) is 4.53. The molecule has 20 heavy (non-hydrogen) atoms. The Kier molecular flexibility index (Phi) is 4.55. The van der Waals surface area contributed by atoms with Gasteiger partial charge in [-0.25, -0.2) is 9.59 Å². The van der Waals surface area contributed by atoms with Crippen LogP contribution < -0.4 is 10.6 Å². The van der Waals surface area contributed by atoms with Gasteiger partial charge in [-0.1, -0.05) is 19.8 Å². The number of hydrogen-bond donors (Lipinski definition) is 3. The van der Waals surface area contributed by atoms with Gasteiger partial charge in [-0.15, -0.1) is 0 Å². The van der Waals surface area contributed by atoms with Crippen molar-refractivity contribution in [3.05, 3.63) is 0 Å². The first-order valence-corrected chi connectivity index (χ1v) is 7.71. The SMILES string of the molecule is CC1CCC(CNC(=O)NC(C)(C(=O)O)C2CC2)CC1. The van der Waals surface area contributed by atoms with Gasteiger partial charge >= 0.3 is 12.0 Å². The van der Waals surface area contributed by atoms with Crippen LogP contribution in [-0.2, 0) is 4.79 Å². The van der Waals surface area contributed by atoms with E-state index >= 15 is 0 Å². The maximum atomic E-state index is 11.9. The van der Waals surface area contributed by atoms with Crippen LogP contribution in [-0.4, -0.2) is 29.2 Å². The van der Waals surface area contributed by atoms with Crippen molar-refractivity contribution in [3.63, 3.8) is 0 Å². The summed E-state index contributed by atoms with van der Waals surface area (Å²) in [5.41, 5.74) is -1.12. The molecule has 0 radical (unpaired) electrons. The number of carbonyl (C=O) groups excluding carboxylic acids is 1. The highest BCUT2D eigenvalue weighted by molar-refractivity contribution is 5.86. The van der Waals surface area contributed by atoms with E-state index in [4.69, 9.17) is 0 Å². The summed E-state index contributed by atoms with van der Waals surface area (Å²) in [5.74, 6) is 0.460. The van der Waals surface area contributed by atoms with Crippen molar-refractivity contribution in [2.24, 2.45) is 17.8 Å². The molecule has 114 valence electrons. The highest BCUT2D eigenvalue weighted by Crippen LogP contribution is 2.39. The Bertz CT molecular complexity index is 373. The molecule has 3 N–H and O–H groups in total. The summed E-state index contributed by atoms with van der Waals surface area (Å²) >= 11 is 0. The highest BCUT2D eigenvalue weighted by Gasteiger charge is 2.48. The molecule has 2 saturated carbocycles. The summed E-state index contributed by atoms with van der Waals surface area (Å²) in [4.78, 5) is 23.3. The molecule has 2 aliphatic rings. The quantitative estimate of drug-likeness (QED) is 0.724. The maximum Gasteiger partial charge on any atom is 0.329 e. The van der Waals surface area contributed by atoms with Crippen molar-refractivity contribution in [3.8, 4) is 0 Å². The third kappa shape index (κ3) is 3.64. The molecule has 0 aliphatic heterocycles. The van der Waals surface area contributed by atoms with Gasteiger partial charge in [0.05, 0.1) is 0 Å². The Labute approximate surface area is 120 Å². The minimum atomic E-state index is -1.12. The van der Waals surface area contributed by atoms with Crippen molar-refractivity contribution < 1.29 is 14.7 Å². The summed E-state index contributed by atoms with van der Waals surface area (Å²) in [6.07, 6.45) is 6.51. The van der Waals surface area contributed by atoms with Gasteiger partial charge in [0.2, 0.25) is 0 Å². The van der Waals surface area contributed by atoms with E-state index in [1.165, 1.54) is 12.8 Å². The number of aliphatic carboxylic acids is 1. The second kappa shape index (κ2) is 6.02. The zero-order valence-electron chi connectivity index (χ0n) is 12.4. The fourth-order valence-corrected chi connectivity index (χ4v) is 3.04. The standard InChI is InChI=1S/C15H26N2O3/c1-10-3-5-11(6-4-10)9-16-14(20)17-15(2,13(18)19)12-7-8-12/h10-12H,3-9H2,1-2H3,(H,18,19)(H2,16,17,20). The van der Waals surface area contributed by atoms with E-state index in [1.54, 1.807) is 6.92 Å². The molecule has 2 rings (SSSR count). The molecule has 0 bridgehead atoms. The smallest absolute Gasteiger partial charge is 0.329 e. The van der Waals surface area contributed by atoms with Gasteiger partial charge in [0.25, 0.3) is 0 Å². The molecule has 0 heterocycles. The minimum absolute atomic E-state index is 0.0706. The molecule has 0 saturated heterocycles. The Morgan fingerprint density at radius 2 is 1.75 bits per heavy atom. The number of amides is 2. The number of hydrogen-bond acceptors (Lipinski definition) is 2. The van der Waals surface area contributed by atoms with Crippen LogP contribution in [0.3, 0.4) is 0 Å². The average molecular weight is 282 g/mol. The molecule has 2 aliphatic carbocycles. The second-order valence-corrected chi connectivity index (χ2v) is 6.74. The van der Waals surface area contributed by atoms with Gasteiger partial charge in [-0.2, -0.15) is 0 Å². The van der Waals surface area contributed by atoms with Gasteiger partial charge < -0.3 is 15.7 Å². The van der Waals surface area contributed by atoms with E-state index in [0.29, 0.717) is 12.5 Å². The topological polar surface area (TPSA) is 78.4 Å². The Morgan fingerprint density at radius 3 is 2.25 bits per heavy atom. The van der Waals surface area contributed by atoms with Crippen LogP contribution in [0.15, 0.2) is 0 Å². The maximum absolute atomic E-state index is 11.9. The lowest BCUT2D eigenvalue weighted by molar-refractivity contribution is -0.144. The molecular weight excluding hydrogens is 256 g/mol. The molecule has 1 unspecified atom stereocenters. The van der Waals surface area contributed by atoms with Crippen LogP contribution in [0.5, 0.6) is 0 Å². The third-order valence-electron chi connectivity index (χ3n) is 4.90. The fourth-order valence-electron chi connectivity index (χ4n) is 3.04. The van der Waals surface area contributed by atoms with Crippen LogP contribution in [0, 0.1) is 17.8 Å². The fraction of sp³-hybridized carbons (Fsp3) is 0.867. The molecular formula is C15H26N2O3. The van der Waals surface area contributed by atoms with Gasteiger partial charge in [0.1, 0.15) is 5.54 Å². The van der Waals surface area contributed by atoms with E-state index in [2.05, 4.69) is 17.6 Å². The summed E-state index contributed by atoms with van der Waals surface area (Å²) in [7, 11) is 0. The van der Waals surface area contributed by atoms with Gasteiger partial charge in [0.15, 0.2) is 0 Å². The Hall–Kier alpha value is -1.26. The predicted molar refractivity (Wildman–Crippen MR) is 76.4 cm³/mol. The zero-order valence-corrected chi connectivity index (χ0v) is 12.4. The normalized spacial score (nSPS) is 29.3. The average Bonchev–Trinajstić information content (AvgIpc) is 3.22. The third-order valence-corrected chi connectivity index (χ3v) is 4.90. The van der Waals surface area contributed by atoms with Crippen LogP contribution in [0.1, 0.15) is 52.4 Å². The Morgan fingerprint density at radius 1 is 1.15 bits per heavy atom. The number of urea groups is 1. The molecule has 0 aromatic rings. The lowest BCUT2D eigenvalue weighted by Gasteiger charge is -2.28. The summed E-state index contributed by atoms with van der Waals surface area (Å²) in [6, 6.07) is -0.347. The van der Waals surface area contributed by atoms with E-state index in [-0.39, 0.29) is 11.9 Å². The van der Waals surface area contributed by atoms with Gasteiger partial charge in [-0.3, -0.25) is 0 Å². The first-order chi connectivity index (χ1) is 9.41. The lowest BCUT2D eigenvalue weighted by Crippen LogP contribution is -2.57. The second-order valence-electron chi connectivity index (χ2n) is 6.74. The lowest BCUT2D eigenvalue weighted by atomic mass is 9.83. The van der Waals surface area contributed by atoms with Crippen molar-refractivity contribution in [1.29, 1.82) is 0 Å². The van der Waals surface area contributed by atoms with Crippen molar-refractivity contribution in [1.82, 2.24) is 10.6 Å². The number of nitrogens with one attached hydrogen (secondary N) is 2. The first-order valence-electron chi connectivity index (χ1n) is 7.71. The van der Waals surface area contributed by atoms with E-state index in [1.807, 2.05) is 0 Å². The van der Waals surface area contributed by atoms with Crippen LogP contribution in [0.25, 0.3) is 0 Å². The minimum Gasteiger partial charge on any atom is -0.480 e. The number of carboxylic acids is 1. The molecule has 0 spiro atoms. The predicted octanol–water partition coefficient (Wildman–Crippen LogP) is 2.37. The monoisotopic (exact) mass is 282 g/mol. The first kappa shape index (κ1) is 15.1. The largest absolute Gasteiger partial charge is 0.480 e. The van der Waals surface area contributed by atoms with Crippen LogP contribution in [0.2, 0.25) is 0 Å². The van der Waals surface area contributed by atoms with Crippen molar-refractivity contribution in [2.45, 2.75) is 57.9 Å². The number of rotatable bonds is 5. The zero-order chi connectivity index (χ0) is 14.8. The Balaban J connectivity index is 1.76. The molecule has 0 aromatic carbocycles. The van der Waals surface area contributed by atoms with E-state index < -0.39 is 11.5 Å². The molecule has 0 aromatic heterocycles.